The van der Waals surface area contributed by atoms with Crippen LogP contribution in [0.25, 0.3) is 5.76 Å². The van der Waals surface area contributed by atoms with Gasteiger partial charge < -0.3 is 4.18 Å². The monoisotopic (exact) mass is 308 g/mol. The highest BCUT2D eigenvalue weighted by molar-refractivity contribution is 7.87. The zero-order valence-corrected chi connectivity index (χ0v) is 11.4. The molecule has 0 N–H and O–H groups in total. The van der Waals surface area contributed by atoms with Crippen LogP contribution in [0, 0.1) is 0 Å². The van der Waals surface area contributed by atoms with Crippen LogP contribution in [0.1, 0.15) is 29.8 Å². The van der Waals surface area contributed by atoms with Crippen LogP contribution in [0.5, 0.6) is 0 Å². The Bertz CT molecular complexity index is 628. The summed E-state index contributed by atoms with van der Waals surface area (Å²) in [6, 6.07) is 5.34. The molecule has 0 unspecified atom stereocenters. The molecule has 1 aromatic rings. The maximum Gasteiger partial charge on any atom is 0.534 e. The smallest absolute Gasteiger partial charge is 0.376 e. The molecule has 0 amide bonds. The Hall–Kier alpha value is -1.83. The first-order chi connectivity index (χ1) is 9.08. The number of rotatable bonds is 4. The molecule has 0 saturated heterocycles. The van der Waals surface area contributed by atoms with Gasteiger partial charge in [-0.05, 0) is 19.9 Å². The first-order valence-corrected chi connectivity index (χ1v) is 6.77. The summed E-state index contributed by atoms with van der Waals surface area (Å²) >= 11 is 0. The lowest BCUT2D eigenvalue weighted by atomic mass is 10.1. The second-order valence-electron chi connectivity index (χ2n) is 3.77. The van der Waals surface area contributed by atoms with Gasteiger partial charge in [-0.25, -0.2) is 0 Å². The molecule has 0 atom stereocenters. The van der Waals surface area contributed by atoms with E-state index in [1.807, 2.05) is 0 Å². The Labute approximate surface area is 114 Å². The molecule has 0 aromatic heterocycles. The summed E-state index contributed by atoms with van der Waals surface area (Å²) < 4.78 is 62.6. The molecular formula is C12H11F3O4S. The fourth-order valence-electron chi connectivity index (χ4n) is 1.30. The van der Waals surface area contributed by atoms with E-state index >= 15 is 0 Å². The summed E-state index contributed by atoms with van der Waals surface area (Å²) in [5.41, 5.74) is -5.03. The van der Waals surface area contributed by atoms with Gasteiger partial charge in [0.2, 0.25) is 0 Å². The number of halogens is 3. The molecule has 4 nitrogen and oxygen atoms in total. The van der Waals surface area contributed by atoms with Gasteiger partial charge in [0, 0.05) is 11.1 Å². The molecule has 8 heteroatoms. The molecule has 0 bridgehead atoms. The number of Topliss-reactive ketones (excluding diaryl/α,β-unsaturated/α-hetero) is 1. The van der Waals surface area contributed by atoms with Gasteiger partial charge in [0.05, 0.1) is 0 Å². The average Bonchev–Trinajstić information content (AvgIpc) is 2.34. The third-order valence-electron chi connectivity index (χ3n) is 2.32. The molecule has 0 fully saturated rings. The van der Waals surface area contributed by atoms with E-state index in [-0.39, 0.29) is 11.3 Å². The summed E-state index contributed by atoms with van der Waals surface area (Å²) in [5, 5.41) is 0. The van der Waals surface area contributed by atoms with Crippen molar-refractivity contribution in [1.82, 2.24) is 0 Å². The fourth-order valence-corrected chi connectivity index (χ4v) is 1.82. The molecule has 20 heavy (non-hydrogen) atoms. The lowest BCUT2D eigenvalue weighted by Crippen LogP contribution is -2.25. The Morgan fingerprint density at radius 1 is 1.15 bits per heavy atom. The SMILES string of the molecule is CC=C(OS(=O)(=O)C(F)(F)F)c1ccc(C(C)=O)cc1. The van der Waals surface area contributed by atoms with Crippen LogP contribution in [0.4, 0.5) is 13.2 Å². The lowest BCUT2D eigenvalue weighted by Gasteiger charge is -2.12. The molecule has 0 spiro atoms. The van der Waals surface area contributed by atoms with Gasteiger partial charge in [0.15, 0.2) is 5.78 Å². The fraction of sp³-hybridized carbons (Fsp3) is 0.250. The first-order valence-electron chi connectivity index (χ1n) is 5.37. The van der Waals surface area contributed by atoms with E-state index in [1.165, 1.54) is 38.1 Å². The standard InChI is InChI=1S/C12H11F3O4S/c1-3-11(19-20(17,18)12(13,14)15)10-6-4-9(5-7-10)8(2)16/h3-7H,1-2H3. The quantitative estimate of drug-likeness (QED) is 0.371. The van der Waals surface area contributed by atoms with Gasteiger partial charge >= 0.3 is 15.6 Å². The van der Waals surface area contributed by atoms with Crippen LogP contribution in [-0.4, -0.2) is 19.7 Å². The molecule has 1 aromatic carbocycles. The van der Waals surface area contributed by atoms with Crippen molar-refractivity contribution in [3.8, 4) is 0 Å². The Morgan fingerprint density at radius 3 is 1.95 bits per heavy atom. The molecule has 0 heterocycles. The van der Waals surface area contributed by atoms with Crippen LogP contribution >= 0.6 is 0 Å². The second-order valence-corrected chi connectivity index (χ2v) is 5.31. The molecule has 0 saturated carbocycles. The van der Waals surface area contributed by atoms with Gasteiger partial charge in [0.1, 0.15) is 5.76 Å². The Balaban J connectivity index is 3.08. The van der Waals surface area contributed by atoms with Crippen LogP contribution in [0.2, 0.25) is 0 Å². The van der Waals surface area contributed by atoms with Crippen molar-refractivity contribution in [3.05, 3.63) is 41.5 Å². The van der Waals surface area contributed by atoms with Crippen molar-refractivity contribution in [2.45, 2.75) is 19.4 Å². The molecule has 0 aliphatic carbocycles. The number of benzene rings is 1. The molecule has 0 radical (unpaired) electrons. The first kappa shape index (κ1) is 16.2. The normalized spacial score (nSPS) is 13.2. The van der Waals surface area contributed by atoms with E-state index in [2.05, 4.69) is 4.18 Å². The van der Waals surface area contributed by atoms with E-state index in [0.717, 1.165) is 6.08 Å². The molecule has 110 valence electrons. The van der Waals surface area contributed by atoms with E-state index in [4.69, 9.17) is 0 Å². The Morgan fingerprint density at radius 2 is 1.60 bits per heavy atom. The second kappa shape index (κ2) is 5.66. The van der Waals surface area contributed by atoms with E-state index in [1.54, 1.807) is 0 Å². The zero-order chi connectivity index (χ0) is 15.6. The Kier molecular flexibility index (Phi) is 4.59. The summed E-state index contributed by atoms with van der Waals surface area (Å²) in [4.78, 5) is 11.1. The molecule has 0 aliphatic heterocycles. The zero-order valence-electron chi connectivity index (χ0n) is 10.6. The van der Waals surface area contributed by atoms with Gasteiger partial charge in [-0.15, -0.1) is 0 Å². The predicted octanol–water partition coefficient (Wildman–Crippen LogP) is 3.12. The minimum atomic E-state index is -5.72. The van der Waals surface area contributed by atoms with Crippen molar-refractivity contribution in [1.29, 1.82) is 0 Å². The highest BCUT2D eigenvalue weighted by Gasteiger charge is 2.48. The third-order valence-corrected chi connectivity index (χ3v) is 3.29. The largest absolute Gasteiger partial charge is 0.534 e. The number of carbonyl (C=O) groups excluding carboxylic acids is 1. The minimum absolute atomic E-state index is 0.116. The molecular weight excluding hydrogens is 297 g/mol. The summed E-state index contributed by atoms with van der Waals surface area (Å²) in [5.74, 6) is -0.681. The average molecular weight is 308 g/mol. The molecule has 0 aliphatic rings. The number of hydrogen-bond acceptors (Lipinski definition) is 4. The van der Waals surface area contributed by atoms with Gasteiger partial charge in [-0.3, -0.25) is 4.79 Å². The maximum absolute atomic E-state index is 12.2. The number of carbonyl (C=O) groups is 1. The highest BCUT2D eigenvalue weighted by Crippen LogP contribution is 2.29. The topological polar surface area (TPSA) is 60.4 Å². The predicted molar refractivity (Wildman–Crippen MR) is 66.2 cm³/mol. The number of ketones is 1. The summed E-state index contributed by atoms with van der Waals surface area (Å²) in [6.07, 6.45) is 1.09. The van der Waals surface area contributed by atoms with Crippen LogP contribution < -0.4 is 0 Å². The van der Waals surface area contributed by atoms with E-state index in [9.17, 15) is 26.4 Å². The number of hydrogen-bond donors (Lipinski definition) is 0. The van der Waals surface area contributed by atoms with Crippen LogP contribution in [-0.2, 0) is 14.3 Å². The van der Waals surface area contributed by atoms with Gasteiger partial charge in [-0.2, -0.15) is 21.6 Å². The summed E-state index contributed by atoms with van der Waals surface area (Å²) in [6.45, 7) is 2.66. The number of allylic oxidation sites excluding steroid dienone is 1. The van der Waals surface area contributed by atoms with E-state index in [0.29, 0.717) is 5.56 Å². The van der Waals surface area contributed by atoms with Crippen molar-refractivity contribution in [2.75, 3.05) is 0 Å². The maximum atomic E-state index is 12.2. The molecule has 1 rings (SSSR count). The number of alkyl halides is 3. The van der Waals surface area contributed by atoms with Crippen molar-refractivity contribution < 1.29 is 30.6 Å². The highest BCUT2D eigenvalue weighted by atomic mass is 32.2. The van der Waals surface area contributed by atoms with Crippen LogP contribution in [0.3, 0.4) is 0 Å². The van der Waals surface area contributed by atoms with Crippen molar-refractivity contribution in [3.63, 3.8) is 0 Å². The van der Waals surface area contributed by atoms with Gasteiger partial charge in [-0.1, -0.05) is 24.3 Å². The van der Waals surface area contributed by atoms with E-state index < -0.39 is 21.4 Å². The minimum Gasteiger partial charge on any atom is -0.376 e. The van der Waals surface area contributed by atoms with Crippen molar-refractivity contribution in [2.24, 2.45) is 0 Å². The third kappa shape index (κ3) is 3.60. The lowest BCUT2D eigenvalue weighted by molar-refractivity contribution is -0.0509. The van der Waals surface area contributed by atoms with Crippen LogP contribution in [0.15, 0.2) is 30.3 Å². The summed E-state index contributed by atoms with van der Waals surface area (Å²) in [7, 11) is -5.72. The van der Waals surface area contributed by atoms with Gasteiger partial charge in [0.25, 0.3) is 0 Å². The van der Waals surface area contributed by atoms with Crippen molar-refractivity contribution >= 4 is 21.7 Å².